The van der Waals surface area contributed by atoms with Crippen molar-refractivity contribution in [1.82, 2.24) is 10.3 Å². The molecule has 0 aliphatic carbocycles. The highest BCUT2D eigenvalue weighted by Gasteiger charge is 2.13. The molecule has 1 saturated heterocycles. The number of ether oxygens (including phenoxy) is 1. The molecule has 3 heteroatoms. The molecule has 0 saturated carbocycles. The van der Waals surface area contributed by atoms with Crippen molar-refractivity contribution in [2.75, 3.05) is 13.2 Å². The van der Waals surface area contributed by atoms with Crippen LogP contribution < -0.4 is 5.32 Å². The lowest BCUT2D eigenvalue weighted by atomic mass is 10.1. The number of nitrogens with one attached hydrogen (secondary N) is 1. The molecule has 0 amide bonds. The van der Waals surface area contributed by atoms with Gasteiger partial charge in [0, 0.05) is 30.3 Å². The summed E-state index contributed by atoms with van der Waals surface area (Å²) in [6, 6.07) is 11.0. The molecule has 19 heavy (non-hydrogen) atoms. The van der Waals surface area contributed by atoms with Crippen LogP contribution in [-0.4, -0.2) is 24.2 Å². The highest BCUT2D eigenvalue weighted by Crippen LogP contribution is 2.18. The van der Waals surface area contributed by atoms with Crippen LogP contribution in [0.3, 0.4) is 0 Å². The molecule has 0 radical (unpaired) electrons. The van der Waals surface area contributed by atoms with E-state index in [-0.39, 0.29) is 0 Å². The van der Waals surface area contributed by atoms with Gasteiger partial charge in [0.15, 0.2) is 0 Å². The van der Waals surface area contributed by atoms with Crippen LogP contribution in [0.15, 0.2) is 30.3 Å². The number of hydrogen-bond donors (Lipinski definition) is 1. The van der Waals surface area contributed by atoms with Gasteiger partial charge >= 0.3 is 0 Å². The third kappa shape index (κ3) is 2.94. The predicted molar refractivity (Wildman–Crippen MR) is 77.2 cm³/mol. The zero-order valence-electron chi connectivity index (χ0n) is 11.4. The molecule has 3 nitrogen and oxygen atoms in total. The molecule has 1 aliphatic heterocycles. The number of para-hydroxylation sites is 1. The highest BCUT2D eigenvalue weighted by atomic mass is 16.5. The number of aryl methyl sites for hydroxylation is 1. The summed E-state index contributed by atoms with van der Waals surface area (Å²) in [5.74, 6) is 0. The summed E-state index contributed by atoms with van der Waals surface area (Å²) in [4.78, 5) is 4.58. The van der Waals surface area contributed by atoms with Gasteiger partial charge in [-0.15, -0.1) is 0 Å². The molecule has 1 aromatic carbocycles. The monoisotopic (exact) mass is 256 g/mol. The molecule has 1 unspecified atom stereocenters. The van der Waals surface area contributed by atoms with Crippen molar-refractivity contribution in [3.63, 3.8) is 0 Å². The average Bonchev–Trinajstić information content (AvgIpc) is 2.45. The number of pyridine rings is 1. The van der Waals surface area contributed by atoms with E-state index in [1.54, 1.807) is 0 Å². The molecule has 1 aromatic heterocycles. The first-order chi connectivity index (χ1) is 9.33. The van der Waals surface area contributed by atoms with Crippen LogP contribution in [0.2, 0.25) is 0 Å². The Morgan fingerprint density at radius 3 is 3.11 bits per heavy atom. The summed E-state index contributed by atoms with van der Waals surface area (Å²) in [6.45, 7) is 4.69. The second kappa shape index (κ2) is 5.68. The van der Waals surface area contributed by atoms with Crippen molar-refractivity contribution in [3.8, 4) is 0 Å². The lowest BCUT2D eigenvalue weighted by Crippen LogP contribution is -2.36. The fraction of sp³-hybridized carbons (Fsp3) is 0.438. The molecular formula is C16H20N2O. The molecule has 1 N–H and O–H groups in total. The largest absolute Gasteiger partial charge is 0.380 e. The van der Waals surface area contributed by atoms with Gasteiger partial charge in [0.2, 0.25) is 0 Å². The quantitative estimate of drug-likeness (QED) is 0.917. The van der Waals surface area contributed by atoms with Crippen molar-refractivity contribution in [3.05, 3.63) is 41.6 Å². The van der Waals surface area contributed by atoms with E-state index < -0.39 is 0 Å². The van der Waals surface area contributed by atoms with E-state index >= 15 is 0 Å². The van der Waals surface area contributed by atoms with Crippen molar-refractivity contribution in [2.45, 2.75) is 32.4 Å². The van der Waals surface area contributed by atoms with Crippen LogP contribution in [0.4, 0.5) is 0 Å². The van der Waals surface area contributed by atoms with E-state index in [0.29, 0.717) is 6.04 Å². The van der Waals surface area contributed by atoms with Gasteiger partial charge in [0.25, 0.3) is 0 Å². The van der Waals surface area contributed by atoms with E-state index in [1.165, 1.54) is 17.4 Å². The third-order valence-electron chi connectivity index (χ3n) is 3.67. The maximum absolute atomic E-state index is 5.51. The van der Waals surface area contributed by atoms with Crippen molar-refractivity contribution in [2.24, 2.45) is 0 Å². The van der Waals surface area contributed by atoms with E-state index in [0.717, 1.165) is 37.4 Å². The Morgan fingerprint density at radius 2 is 2.26 bits per heavy atom. The fourth-order valence-corrected chi connectivity index (χ4v) is 2.70. The minimum atomic E-state index is 0.487. The first-order valence-electron chi connectivity index (χ1n) is 6.99. The van der Waals surface area contributed by atoms with E-state index in [2.05, 4.69) is 41.5 Å². The summed E-state index contributed by atoms with van der Waals surface area (Å²) >= 11 is 0. The second-order valence-electron chi connectivity index (χ2n) is 5.23. The number of hydrogen-bond acceptors (Lipinski definition) is 3. The SMILES string of the molecule is Cc1cc(CNC2CCCOC2)c2ccccc2n1. The zero-order chi connectivity index (χ0) is 13.1. The van der Waals surface area contributed by atoms with Crippen LogP contribution in [-0.2, 0) is 11.3 Å². The molecular weight excluding hydrogens is 236 g/mol. The molecule has 2 heterocycles. The molecule has 3 rings (SSSR count). The maximum Gasteiger partial charge on any atom is 0.0708 e. The van der Waals surface area contributed by atoms with Gasteiger partial charge in [-0.05, 0) is 37.5 Å². The van der Waals surface area contributed by atoms with E-state index in [9.17, 15) is 0 Å². The molecule has 1 fully saturated rings. The van der Waals surface area contributed by atoms with E-state index in [4.69, 9.17) is 4.74 Å². The minimum Gasteiger partial charge on any atom is -0.380 e. The Labute approximate surface area is 114 Å². The molecule has 0 bridgehead atoms. The summed E-state index contributed by atoms with van der Waals surface area (Å²) in [7, 11) is 0. The van der Waals surface area contributed by atoms with Crippen LogP contribution >= 0.6 is 0 Å². The van der Waals surface area contributed by atoms with Gasteiger partial charge in [-0.25, -0.2) is 0 Å². The van der Waals surface area contributed by atoms with Crippen LogP contribution in [0, 0.1) is 6.92 Å². The first-order valence-corrected chi connectivity index (χ1v) is 6.99. The van der Waals surface area contributed by atoms with Gasteiger partial charge in [0.1, 0.15) is 0 Å². The summed E-state index contributed by atoms with van der Waals surface area (Å²) in [5, 5.41) is 4.85. The maximum atomic E-state index is 5.51. The average molecular weight is 256 g/mol. The summed E-state index contributed by atoms with van der Waals surface area (Å²) in [5.41, 5.74) is 3.49. The smallest absolute Gasteiger partial charge is 0.0708 e. The lowest BCUT2D eigenvalue weighted by Gasteiger charge is -2.23. The summed E-state index contributed by atoms with van der Waals surface area (Å²) < 4.78 is 5.51. The Balaban J connectivity index is 1.79. The van der Waals surface area contributed by atoms with E-state index in [1.807, 2.05) is 6.07 Å². The lowest BCUT2D eigenvalue weighted by molar-refractivity contribution is 0.0700. The fourth-order valence-electron chi connectivity index (χ4n) is 2.70. The highest BCUT2D eigenvalue weighted by molar-refractivity contribution is 5.82. The molecule has 100 valence electrons. The van der Waals surface area contributed by atoms with Gasteiger partial charge in [-0.3, -0.25) is 4.98 Å². The molecule has 0 spiro atoms. The molecule has 1 aliphatic rings. The van der Waals surface area contributed by atoms with Crippen LogP contribution in [0.5, 0.6) is 0 Å². The number of aromatic nitrogens is 1. The Kier molecular flexibility index (Phi) is 3.76. The summed E-state index contributed by atoms with van der Waals surface area (Å²) in [6.07, 6.45) is 2.37. The Hall–Kier alpha value is -1.45. The predicted octanol–water partition coefficient (Wildman–Crippen LogP) is 2.81. The number of benzene rings is 1. The topological polar surface area (TPSA) is 34.1 Å². The Bertz CT molecular complexity index is 562. The standard InChI is InChI=1S/C16H20N2O/c1-12-9-13(10-17-14-5-4-8-19-11-14)15-6-2-3-7-16(15)18-12/h2-3,6-7,9,14,17H,4-5,8,10-11H2,1H3. The van der Waals surface area contributed by atoms with Crippen LogP contribution in [0.1, 0.15) is 24.1 Å². The van der Waals surface area contributed by atoms with Gasteiger partial charge in [-0.1, -0.05) is 18.2 Å². The van der Waals surface area contributed by atoms with Gasteiger partial charge < -0.3 is 10.1 Å². The van der Waals surface area contributed by atoms with Crippen molar-refractivity contribution >= 4 is 10.9 Å². The Morgan fingerprint density at radius 1 is 1.37 bits per heavy atom. The molecule has 2 aromatic rings. The van der Waals surface area contributed by atoms with Crippen molar-refractivity contribution in [1.29, 1.82) is 0 Å². The normalized spacial score (nSPS) is 19.7. The van der Waals surface area contributed by atoms with Crippen molar-refractivity contribution < 1.29 is 4.74 Å². The third-order valence-corrected chi connectivity index (χ3v) is 3.67. The zero-order valence-corrected chi connectivity index (χ0v) is 11.4. The second-order valence-corrected chi connectivity index (χ2v) is 5.23. The minimum absolute atomic E-state index is 0.487. The van der Waals surface area contributed by atoms with Gasteiger partial charge in [0.05, 0.1) is 12.1 Å². The van der Waals surface area contributed by atoms with Crippen LogP contribution in [0.25, 0.3) is 10.9 Å². The first kappa shape index (κ1) is 12.6. The van der Waals surface area contributed by atoms with Gasteiger partial charge in [-0.2, -0.15) is 0 Å². The molecule has 1 atom stereocenters. The number of nitrogens with zero attached hydrogens (tertiary/aromatic N) is 1. The number of fused-ring (bicyclic) bond motifs is 1. The number of rotatable bonds is 3.